The lowest BCUT2D eigenvalue weighted by molar-refractivity contribution is 0.179. The molecule has 0 aromatic carbocycles. The molecule has 1 heterocycles. The molecule has 4 N–H and O–H groups in total. The summed E-state index contributed by atoms with van der Waals surface area (Å²) in [5, 5.41) is -2.34. The number of nitrogens with zero attached hydrogens (tertiary/aromatic N) is 1. The van der Waals surface area contributed by atoms with E-state index in [4.69, 9.17) is 0 Å². The quantitative estimate of drug-likeness (QED) is 0.551. The molecular formula is C7H17NO6P2. The zero-order valence-electron chi connectivity index (χ0n) is 8.98. The van der Waals surface area contributed by atoms with Gasteiger partial charge in [0.15, 0.2) is 0 Å². The molecule has 0 atom stereocenters. The monoisotopic (exact) mass is 273 g/mol. The summed E-state index contributed by atoms with van der Waals surface area (Å²) in [6.07, 6.45) is 1.12. The van der Waals surface area contributed by atoms with Crippen LogP contribution in [-0.2, 0) is 9.13 Å². The Kier molecular flexibility index (Phi) is 4.03. The average Bonchev–Trinajstić information content (AvgIpc) is 2.53. The van der Waals surface area contributed by atoms with E-state index in [0.717, 1.165) is 0 Å². The SMILES string of the molecule is CCC(N1CCCC1)(P(=O)(O)O)P(=O)(O)O. The number of hydrogen-bond acceptors (Lipinski definition) is 3. The summed E-state index contributed by atoms with van der Waals surface area (Å²) < 4.78 is 23.0. The van der Waals surface area contributed by atoms with Gasteiger partial charge in [-0.1, -0.05) is 6.92 Å². The molecule has 0 amide bonds. The van der Waals surface area contributed by atoms with Gasteiger partial charge in [-0.05, 0) is 32.4 Å². The third kappa shape index (κ3) is 2.14. The first kappa shape index (κ1) is 14.3. The van der Waals surface area contributed by atoms with Gasteiger partial charge in [-0.15, -0.1) is 0 Å². The molecule has 1 fully saturated rings. The van der Waals surface area contributed by atoms with Gasteiger partial charge in [0.25, 0.3) is 0 Å². The lowest BCUT2D eigenvalue weighted by Crippen LogP contribution is -2.46. The highest BCUT2D eigenvalue weighted by molar-refractivity contribution is 7.72. The highest BCUT2D eigenvalue weighted by Crippen LogP contribution is 2.72. The van der Waals surface area contributed by atoms with Crippen molar-refractivity contribution in [2.75, 3.05) is 13.1 Å². The maximum atomic E-state index is 11.5. The van der Waals surface area contributed by atoms with Crippen LogP contribution in [0.4, 0.5) is 0 Å². The van der Waals surface area contributed by atoms with Gasteiger partial charge in [-0.3, -0.25) is 14.0 Å². The second-order valence-electron chi connectivity index (χ2n) is 3.91. The standard InChI is InChI=1S/C7H17NO6P2/c1-2-7(15(9,10)11,16(12,13)14)8-5-3-4-6-8/h2-6H2,1H3,(H2,9,10,11)(H2,12,13,14). The third-order valence-corrected chi connectivity index (χ3v) is 7.65. The summed E-state index contributed by atoms with van der Waals surface area (Å²) in [4.78, 5) is 38.4. The van der Waals surface area contributed by atoms with E-state index in [1.165, 1.54) is 11.8 Å². The van der Waals surface area contributed by atoms with Crippen molar-refractivity contribution in [2.45, 2.75) is 31.2 Å². The molecule has 0 unspecified atom stereocenters. The fourth-order valence-electron chi connectivity index (χ4n) is 2.25. The van der Waals surface area contributed by atoms with Gasteiger partial charge in [-0.25, -0.2) is 0 Å². The fraction of sp³-hybridized carbons (Fsp3) is 1.00. The molecule has 1 aliphatic rings. The molecule has 1 rings (SSSR count). The summed E-state index contributed by atoms with van der Waals surface area (Å²) in [7, 11) is -9.83. The van der Waals surface area contributed by atoms with Crippen LogP contribution in [0.15, 0.2) is 0 Å². The Balaban J connectivity index is 3.29. The van der Waals surface area contributed by atoms with Crippen LogP contribution in [0, 0.1) is 0 Å². The largest absolute Gasteiger partial charge is 0.358 e. The summed E-state index contributed by atoms with van der Waals surface area (Å²) >= 11 is 0. The van der Waals surface area contributed by atoms with Crippen molar-refractivity contribution in [3.63, 3.8) is 0 Å². The van der Waals surface area contributed by atoms with Crippen LogP contribution in [0.1, 0.15) is 26.2 Å². The minimum absolute atomic E-state index is 0.276. The van der Waals surface area contributed by atoms with Crippen molar-refractivity contribution in [1.82, 2.24) is 4.90 Å². The minimum Gasteiger partial charge on any atom is -0.323 e. The van der Waals surface area contributed by atoms with Gasteiger partial charge in [0.05, 0.1) is 0 Å². The highest BCUT2D eigenvalue weighted by atomic mass is 31.2. The van der Waals surface area contributed by atoms with Crippen LogP contribution in [0.25, 0.3) is 0 Å². The Morgan fingerprint density at radius 3 is 1.69 bits per heavy atom. The molecule has 9 heteroatoms. The Labute approximate surface area is 93.8 Å². The van der Waals surface area contributed by atoms with E-state index in [0.29, 0.717) is 25.9 Å². The first-order chi connectivity index (χ1) is 7.17. The van der Waals surface area contributed by atoms with Crippen LogP contribution in [0.2, 0.25) is 0 Å². The van der Waals surface area contributed by atoms with Gasteiger partial charge >= 0.3 is 15.2 Å². The van der Waals surface area contributed by atoms with E-state index in [1.807, 2.05) is 0 Å². The van der Waals surface area contributed by atoms with Crippen molar-refractivity contribution >= 4 is 15.2 Å². The van der Waals surface area contributed by atoms with E-state index in [1.54, 1.807) is 0 Å². The molecule has 1 saturated heterocycles. The van der Waals surface area contributed by atoms with E-state index < -0.39 is 20.2 Å². The van der Waals surface area contributed by atoms with E-state index >= 15 is 0 Å². The summed E-state index contributed by atoms with van der Waals surface area (Å²) in [6, 6.07) is 0. The maximum absolute atomic E-state index is 11.5. The van der Waals surface area contributed by atoms with Crippen molar-refractivity contribution in [3.8, 4) is 0 Å². The average molecular weight is 273 g/mol. The van der Waals surface area contributed by atoms with Gasteiger partial charge in [0.2, 0.25) is 5.02 Å². The zero-order valence-corrected chi connectivity index (χ0v) is 10.8. The third-order valence-electron chi connectivity index (χ3n) is 3.02. The van der Waals surface area contributed by atoms with Crippen LogP contribution in [0.5, 0.6) is 0 Å². The smallest absolute Gasteiger partial charge is 0.323 e. The highest BCUT2D eigenvalue weighted by Gasteiger charge is 2.62. The van der Waals surface area contributed by atoms with E-state index in [9.17, 15) is 28.7 Å². The first-order valence-corrected chi connectivity index (χ1v) is 8.25. The van der Waals surface area contributed by atoms with Crippen molar-refractivity contribution in [1.29, 1.82) is 0 Å². The predicted molar refractivity (Wildman–Crippen MR) is 57.9 cm³/mol. The second-order valence-corrected chi connectivity index (χ2v) is 7.92. The molecule has 0 aromatic heterocycles. The van der Waals surface area contributed by atoms with Crippen molar-refractivity contribution in [2.24, 2.45) is 0 Å². The number of rotatable bonds is 4. The normalized spacial score (nSPS) is 20.3. The molecule has 0 saturated carbocycles. The molecule has 16 heavy (non-hydrogen) atoms. The Hall–Kier alpha value is 0.260. The van der Waals surface area contributed by atoms with Crippen LogP contribution in [0.3, 0.4) is 0 Å². The molecular weight excluding hydrogens is 256 g/mol. The van der Waals surface area contributed by atoms with Gasteiger partial charge in [0, 0.05) is 0 Å². The minimum atomic E-state index is -4.91. The predicted octanol–water partition coefficient (Wildman–Crippen LogP) is 0.501. The van der Waals surface area contributed by atoms with Crippen molar-refractivity contribution < 1.29 is 28.7 Å². The molecule has 0 radical (unpaired) electrons. The Bertz CT molecular complexity index is 319. The molecule has 1 aliphatic heterocycles. The molecule has 96 valence electrons. The summed E-state index contributed by atoms with van der Waals surface area (Å²) in [6.45, 7) is 2.00. The van der Waals surface area contributed by atoms with Crippen LogP contribution < -0.4 is 0 Å². The lowest BCUT2D eigenvalue weighted by atomic mass is 10.4. The summed E-state index contributed by atoms with van der Waals surface area (Å²) in [5.41, 5.74) is 0. The van der Waals surface area contributed by atoms with Gasteiger partial charge in [-0.2, -0.15) is 0 Å². The van der Waals surface area contributed by atoms with E-state index in [2.05, 4.69) is 0 Å². The molecule has 7 nitrogen and oxygen atoms in total. The van der Waals surface area contributed by atoms with Gasteiger partial charge < -0.3 is 19.6 Å². The Morgan fingerprint density at radius 2 is 1.44 bits per heavy atom. The van der Waals surface area contributed by atoms with Crippen LogP contribution >= 0.6 is 15.2 Å². The fourth-order valence-corrected chi connectivity index (χ4v) is 5.57. The van der Waals surface area contributed by atoms with Crippen molar-refractivity contribution in [3.05, 3.63) is 0 Å². The topological polar surface area (TPSA) is 118 Å². The molecule has 0 bridgehead atoms. The Morgan fingerprint density at radius 1 is 1.06 bits per heavy atom. The van der Waals surface area contributed by atoms with Gasteiger partial charge in [0.1, 0.15) is 0 Å². The lowest BCUT2D eigenvalue weighted by Gasteiger charge is -2.40. The van der Waals surface area contributed by atoms with E-state index in [-0.39, 0.29) is 6.42 Å². The van der Waals surface area contributed by atoms with Crippen LogP contribution in [-0.4, -0.2) is 42.6 Å². The first-order valence-electron chi connectivity index (χ1n) is 5.03. The maximum Gasteiger partial charge on any atom is 0.358 e. The molecule has 0 spiro atoms. The number of likely N-dealkylation sites (tertiary alicyclic amines) is 1. The zero-order chi connectivity index (χ0) is 12.6. The second kappa shape index (κ2) is 4.50. The summed E-state index contributed by atoms with van der Waals surface area (Å²) in [5.74, 6) is 0. The molecule has 0 aliphatic carbocycles. The number of hydrogen-bond donors (Lipinski definition) is 4. The molecule has 0 aromatic rings.